The van der Waals surface area contributed by atoms with Gasteiger partial charge in [-0.3, -0.25) is 10.1 Å². The first-order chi connectivity index (χ1) is 8.08. The van der Waals surface area contributed by atoms with Gasteiger partial charge < -0.3 is 0 Å². The third-order valence-corrected chi connectivity index (χ3v) is 2.80. The SMILES string of the molecule is Cc1ccc(Cl)cc1-c1cccc([N+](=O)[O-])c1. The highest BCUT2D eigenvalue weighted by molar-refractivity contribution is 6.30. The number of hydrogen-bond donors (Lipinski definition) is 0. The van der Waals surface area contributed by atoms with Crippen molar-refractivity contribution < 1.29 is 4.92 Å². The molecule has 0 atom stereocenters. The van der Waals surface area contributed by atoms with Crippen LogP contribution in [0.1, 0.15) is 5.56 Å². The molecule has 2 aromatic rings. The summed E-state index contributed by atoms with van der Waals surface area (Å²) in [5.41, 5.74) is 2.84. The molecule has 0 aliphatic rings. The summed E-state index contributed by atoms with van der Waals surface area (Å²) in [4.78, 5) is 10.3. The molecule has 2 rings (SSSR count). The van der Waals surface area contributed by atoms with Crippen LogP contribution in [0.5, 0.6) is 0 Å². The number of nitro benzene ring substituents is 1. The molecule has 0 saturated heterocycles. The zero-order valence-electron chi connectivity index (χ0n) is 9.18. The summed E-state index contributed by atoms with van der Waals surface area (Å²) < 4.78 is 0. The summed E-state index contributed by atoms with van der Waals surface area (Å²) in [5.74, 6) is 0. The standard InChI is InChI=1S/C13H10ClNO2/c1-9-5-6-11(14)8-13(9)10-3-2-4-12(7-10)15(16)17/h2-8H,1H3. The summed E-state index contributed by atoms with van der Waals surface area (Å²) in [5, 5.41) is 11.3. The van der Waals surface area contributed by atoms with E-state index in [0.29, 0.717) is 5.02 Å². The fraction of sp³-hybridized carbons (Fsp3) is 0.0769. The number of halogens is 1. The van der Waals surface area contributed by atoms with Crippen LogP contribution in [0.4, 0.5) is 5.69 Å². The number of nitrogens with zero attached hydrogens (tertiary/aromatic N) is 1. The lowest BCUT2D eigenvalue weighted by atomic mass is 10.0. The molecule has 0 heterocycles. The lowest BCUT2D eigenvalue weighted by Crippen LogP contribution is -1.89. The van der Waals surface area contributed by atoms with Crippen LogP contribution >= 0.6 is 11.6 Å². The van der Waals surface area contributed by atoms with Gasteiger partial charge in [0.15, 0.2) is 0 Å². The fourth-order valence-corrected chi connectivity index (χ4v) is 1.86. The van der Waals surface area contributed by atoms with Gasteiger partial charge in [-0.15, -0.1) is 0 Å². The van der Waals surface area contributed by atoms with E-state index in [-0.39, 0.29) is 5.69 Å². The normalized spacial score (nSPS) is 10.2. The Bertz CT molecular complexity index is 581. The summed E-state index contributed by atoms with van der Waals surface area (Å²) in [6.07, 6.45) is 0. The molecule has 0 unspecified atom stereocenters. The van der Waals surface area contributed by atoms with Crippen LogP contribution in [-0.2, 0) is 0 Å². The third kappa shape index (κ3) is 2.45. The van der Waals surface area contributed by atoms with Crippen molar-refractivity contribution >= 4 is 17.3 Å². The van der Waals surface area contributed by atoms with Crippen LogP contribution in [0.15, 0.2) is 42.5 Å². The lowest BCUT2D eigenvalue weighted by molar-refractivity contribution is -0.384. The van der Waals surface area contributed by atoms with Crippen LogP contribution in [0, 0.1) is 17.0 Å². The maximum Gasteiger partial charge on any atom is 0.270 e. The van der Waals surface area contributed by atoms with E-state index in [2.05, 4.69) is 0 Å². The lowest BCUT2D eigenvalue weighted by Gasteiger charge is -2.06. The molecule has 0 aromatic heterocycles. The van der Waals surface area contributed by atoms with Gasteiger partial charge in [0.1, 0.15) is 0 Å². The topological polar surface area (TPSA) is 43.1 Å². The summed E-state index contributed by atoms with van der Waals surface area (Å²) in [6.45, 7) is 1.95. The summed E-state index contributed by atoms with van der Waals surface area (Å²) in [6, 6.07) is 12.1. The van der Waals surface area contributed by atoms with E-state index in [1.165, 1.54) is 6.07 Å². The third-order valence-electron chi connectivity index (χ3n) is 2.57. The first-order valence-corrected chi connectivity index (χ1v) is 5.47. The number of rotatable bonds is 2. The molecule has 3 nitrogen and oxygen atoms in total. The molecular weight excluding hydrogens is 238 g/mol. The molecule has 4 heteroatoms. The quantitative estimate of drug-likeness (QED) is 0.589. The van der Waals surface area contributed by atoms with Crippen molar-refractivity contribution in [2.75, 3.05) is 0 Å². The second kappa shape index (κ2) is 4.55. The Labute approximate surface area is 104 Å². The zero-order valence-corrected chi connectivity index (χ0v) is 9.94. The Hall–Kier alpha value is -1.87. The van der Waals surface area contributed by atoms with Crippen molar-refractivity contribution in [2.45, 2.75) is 6.92 Å². The van der Waals surface area contributed by atoms with Crippen LogP contribution in [0.25, 0.3) is 11.1 Å². The number of benzene rings is 2. The smallest absolute Gasteiger partial charge is 0.258 e. The Balaban J connectivity index is 2.56. The molecule has 0 N–H and O–H groups in total. The van der Waals surface area contributed by atoms with E-state index in [4.69, 9.17) is 11.6 Å². The maximum absolute atomic E-state index is 10.7. The maximum atomic E-state index is 10.7. The van der Waals surface area contributed by atoms with Gasteiger partial charge in [0.2, 0.25) is 0 Å². The average Bonchev–Trinajstić information content (AvgIpc) is 2.32. The van der Waals surface area contributed by atoms with Crippen molar-refractivity contribution in [1.29, 1.82) is 0 Å². The van der Waals surface area contributed by atoms with Crippen molar-refractivity contribution in [3.63, 3.8) is 0 Å². The van der Waals surface area contributed by atoms with Gasteiger partial charge >= 0.3 is 0 Å². The highest BCUT2D eigenvalue weighted by atomic mass is 35.5. The Kier molecular flexibility index (Phi) is 3.11. The van der Waals surface area contributed by atoms with Gasteiger partial charge in [0.25, 0.3) is 5.69 Å². The fourth-order valence-electron chi connectivity index (χ4n) is 1.69. The largest absolute Gasteiger partial charge is 0.270 e. The Morgan fingerprint density at radius 3 is 2.65 bits per heavy atom. The van der Waals surface area contributed by atoms with E-state index >= 15 is 0 Å². The predicted octanol–water partition coefficient (Wildman–Crippen LogP) is 4.22. The molecule has 0 aliphatic heterocycles. The highest BCUT2D eigenvalue weighted by Crippen LogP contribution is 2.28. The molecule has 17 heavy (non-hydrogen) atoms. The molecule has 0 aliphatic carbocycles. The monoisotopic (exact) mass is 247 g/mol. The van der Waals surface area contributed by atoms with Crippen molar-refractivity contribution in [3.8, 4) is 11.1 Å². The minimum Gasteiger partial charge on any atom is -0.258 e. The highest BCUT2D eigenvalue weighted by Gasteiger charge is 2.08. The van der Waals surface area contributed by atoms with Gasteiger partial charge in [0.05, 0.1) is 4.92 Å². The number of hydrogen-bond acceptors (Lipinski definition) is 2. The van der Waals surface area contributed by atoms with E-state index in [1.807, 2.05) is 25.1 Å². The Morgan fingerprint density at radius 2 is 1.94 bits per heavy atom. The molecule has 0 radical (unpaired) electrons. The van der Waals surface area contributed by atoms with Gasteiger partial charge in [-0.2, -0.15) is 0 Å². The van der Waals surface area contributed by atoms with Crippen molar-refractivity contribution in [2.24, 2.45) is 0 Å². The minimum atomic E-state index is -0.399. The van der Waals surface area contributed by atoms with Crippen LogP contribution in [0.2, 0.25) is 5.02 Å². The van der Waals surface area contributed by atoms with Crippen molar-refractivity contribution in [3.05, 3.63) is 63.2 Å². The van der Waals surface area contributed by atoms with E-state index in [0.717, 1.165) is 16.7 Å². The second-order valence-electron chi connectivity index (χ2n) is 3.77. The molecule has 2 aromatic carbocycles. The minimum absolute atomic E-state index is 0.0851. The molecule has 0 fully saturated rings. The van der Waals surface area contributed by atoms with Crippen LogP contribution in [0.3, 0.4) is 0 Å². The van der Waals surface area contributed by atoms with E-state index in [1.54, 1.807) is 18.2 Å². The van der Waals surface area contributed by atoms with E-state index in [9.17, 15) is 10.1 Å². The van der Waals surface area contributed by atoms with Gasteiger partial charge in [0, 0.05) is 17.2 Å². The molecule has 0 amide bonds. The van der Waals surface area contributed by atoms with Gasteiger partial charge in [-0.25, -0.2) is 0 Å². The molecule has 86 valence electrons. The molecule has 0 spiro atoms. The molecule has 0 bridgehead atoms. The van der Waals surface area contributed by atoms with E-state index < -0.39 is 4.92 Å². The number of non-ortho nitro benzene ring substituents is 1. The van der Waals surface area contributed by atoms with Gasteiger partial charge in [-0.05, 0) is 35.7 Å². The average molecular weight is 248 g/mol. The zero-order chi connectivity index (χ0) is 12.4. The first-order valence-electron chi connectivity index (χ1n) is 5.09. The molecule has 0 saturated carbocycles. The van der Waals surface area contributed by atoms with Gasteiger partial charge in [-0.1, -0.05) is 29.8 Å². The number of aryl methyl sites for hydroxylation is 1. The Morgan fingerprint density at radius 1 is 1.18 bits per heavy atom. The predicted molar refractivity (Wildman–Crippen MR) is 68.3 cm³/mol. The molecular formula is C13H10ClNO2. The summed E-state index contributed by atoms with van der Waals surface area (Å²) >= 11 is 5.94. The van der Waals surface area contributed by atoms with Crippen LogP contribution < -0.4 is 0 Å². The van der Waals surface area contributed by atoms with Crippen molar-refractivity contribution in [1.82, 2.24) is 0 Å². The first kappa shape index (κ1) is 11.6. The number of nitro groups is 1. The second-order valence-corrected chi connectivity index (χ2v) is 4.20. The summed E-state index contributed by atoms with van der Waals surface area (Å²) in [7, 11) is 0. The van der Waals surface area contributed by atoms with Crippen LogP contribution in [-0.4, -0.2) is 4.92 Å².